The van der Waals surface area contributed by atoms with E-state index < -0.39 is 13.5 Å². The van der Waals surface area contributed by atoms with Gasteiger partial charge in [0.25, 0.3) is 0 Å². The molecule has 0 unspecified atom stereocenters. The zero-order valence-electron chi connectivity index (χ0n) is 12.3. The minimum absolute atomic E-state index is 0.0689. The maximum atomic E-state index is 12.2. The normalized spacial score (nSPS) is 13.8. The number of halogens is 3. The van der Waals surface area contributed by atoms with Gasteiger partial charge < -0.3 is 14.4 Å². The first-order valence-electron chi connectivity index (χ1n) is 7.12. The van der Waals surface area contributed by atoms with E-state index in [1.165, 1.54) is 12.1 Å². The fourth-order valence-corrected chi connectivity index (χ4v) is 2.50. The quantitative estimate of drug-likeness (QED) is 0.687. The smallest absolute Gasteiger partial charge is 0.423 e. The van der Waals surface area contributed by atoms with Crippen molar-refractivity contribution in [3.8, 4) is 5.75 Å². The van der Waals surface area contributed by atoms with Crippen LogP contribution >= 0.6 is 0 Å². The molecule has 0 radical (unpaired) electrons. The molecule has 8 heteroatoms. The number of ether oxygens (including phenoxy) is 1. The van der Waals surface area contributed by atoms with E-state index >= 15 is 0 Å². The second kappa shape index (κ2) is 6.29. The SMILES string of the molecule is O=C(Cc1ccc2c(c1)B(O)OC2)c1ccc(OC(F)(F)F)cc1. The highest BCUT2D eigenvalue weighted by atomic mass is 19.4. The Kier molecular flexibility index (Phi) is 4.34. The van der Waals surface area contributed by atoms with Crippen molar-refractivity contribution in [3.05, 3.63) is 59.2 Å². The zero-order valence-corrected chi connectivity index (χ0v) is 12.3. The number of benzene rings is 2. The number of hydrogen-bond donors (Lipinski definition) is 1. The van der Waals surface area contributed by atoms with Gasteiger partial charge in [0.1, 0.15) is 5.75 Å². The van der Waals surface area contributed by atoms with Gasteiger partial charge >= 0.3 is 13.5 Å². The van der Waals surface area contributed by atoms with Crippen LogP contribution in [0.25, 0.3) is 0 Å². The van der Waals surface area contributed by atoms with Gasteiger partial charge in [0.2, 0.25) is 0 Å². The van der Waals surface area contributed by atoms with Crippen LogP contribution in [0.4, 0.5) is 13.2 Å². The summed E-state index contributed by atoms with van der Waals surface area (Å²) in [5.74, 6) is -0.626. The highest BCUT2D eigenvalue weighted by Crippen LogP contribution is 2.23. The second-order valence-electron chi connectivity index (χ2n) is 5.37. The van der Waals surface area contributed by atoms with Gasteiger partial charge in [-0.2, -0.15) is 0 Å². The summed E-state index contributed by atoms with van der Waals surface area (Å²) in [4.78, 5) is 12.2. The summed E-state index contributed by atoms with van der Waals surface area (Å²) in [6.45, 7) is 0.325. The first-order valence-corrected chi connectivity index (χ1v) is 7.12. The number of carbonyl (C=O) groups excluding carboxylic acids is 1. The molecule has 0 aromatic heterocycles. The molecule has 124 valence electrons. The van der Waals surface area contributed by atoms with Crippen LogP contribution in [0.15, 0.2) is 42.5 Å². The van der Waals surface area contributed by atoms with Crippen molar-refractivity contribution in [2.24, 2.45) is 0 Å². The van der Waals surface area contributed by atoms with E-state index in [4.69, 9.17) is 4.65 Å². The number of rotatable bonds is 4. The molecule has 0 fully saturated rings. The summed E-state index contributed by atoms with van der Waals surface area (Å²) >= 11 is 0. The fraction of sp³-hybridized carbons (Fsp3) is 0.188. The first-order chi connectivity index (χ1) is 11.3. The van der Waals surface area contributed by atoms with Crippen molar-refractivity contribution in [1.82, 2.24) is 0 Å². The summed E-state index contributed by atoms with van der Waals surface area (Å²) in [6, 6.07) is 10.0. The van der Waals surface area contributed by atoms with E-state index in [-0.39, 0.29) is 23.5 Å². The Morgan fingerprint density at radius 1 is 1.21 bits per heavy atom. The highest BCUT2D eigenvalue weighted by molar-refractivity contribution is 6.61. The summed E-state index contributed by atoms with van der Waals surface area (Å²) < 4.78 is 45.2. The molecule has 4 nitrogen and oxygen atoms in total. The van der Waals surface area contributed by atoms with E-state index in [2.05, 4.69) is 4.74 Å². The van der Waals surface area contributed by atoms with E-state index in [1.54, 1.807) is 18.2 Å². The lowest BCUT2D eigenvalue weighted by Gasteiger charge is -2.09. The fourth-order valence-electron chi connectivity index (χ4n) is 2.50. The van der Waals surface area contributed by atoms with Crippen molar-refractivity contribution in [1.29, 1.82) is 0 Å². The van der Waals surface area contributed by atoms with Crippen LogP contribution < -0.4 is 10.2 Å². The molecule has 2 aromatic rings. The highest BCUT2D eigenvalue weighted by Gasteiger charge is 2.31. The Hall–Kier alpha value is -2.32. The number of hydrogen-bond acceptors (Lipinski definition) is 4. The van der Waals surface area contributed by atoms with Gasteiger partial charge in [0.05, 0.1) is 6.61 Å². The van der Waals surface area contributed by atoms with Gasteiger partial charge in [-0.15, -0.1) is 13.2 Å². The number of carbonyl (C=O) groups is 1. The molecule has 0 saturated carbocycles. The zero-order chi connectivity index (χ0) is 17.3. The predicted octanol–water partition coefficient (Wildman–Crippen LogP) is 2.23. The minimum atomic E-state index is -4.77. The topological polar surface area (TPSA) is 55.8 Å². The Bertz CT molecular complexity index is 759. The van der Waals surface area contributed by atoms with Gasteiger partial charge in [0, 0.05) is 12.0 Å². The van der Waals surface area contributed by atoms with Gasteiger partial charge in [-0.1, -0.05) is 18.2 Å². The monoisotopic (exact) mass is 336 g/mol. The molecular weight excluding hydrogens is 324 g/mol. The third kappa shape index (κ3) is 3.77. The lowest BCUT2D eigenvalue weighted by Crippen LogP contribution is -2.28. The third-order valence-electron chi connectivity index (χ3n) is 3.65. The van der Waals surface area contributed by atoms with Crippen molar-refractivity contribution in [3.63, 3.8) is 0 Å². The molecule has 0 saturated heterocycles. The van der Waals surface area contributed by atoms with E-state index in [9.17, 15) is 23.0 Å². The molecular formula is C16H12BF3O4. The molecule has 0 bridgehead atoms. The number of fused-ring (bicyclic) bond motifs is 1. The third-order valence-corrected chi connectivity index (χ3v) is 3.65. The van der Waals surface area contributed by atoms with Crippen LogP contribution in [0.1, 0.15) is 21.5 Å². The van der Waals surface area contributed by atoms with Crippen molar-refractivity contribution >= 4 is 18.4 Å². The Morgan fingerprint density at radius 2 is 1.92 bits per heavy atom. The maximum absolute atomic E-state index is 12.2. The van der Waals surface area contributed by atoms with E-state index in [0.29, 0.717) is 17.6 Å². The average molecular weight is 336 g/mol. The number of alkyl halides is 3. The van der Waals surface area contributed by atoms with Gasteiger partial charge in [0.15, 0.2) is 5.78 Å². The molecule has 24 heavy (non-hydrogen) atoms. The van der Waals surface area contributed by atoms with E-state index in [0.717, 1.165) is 17.7 Å². The van der Waals surface area contributed by atoms with Crippen LogP contribution in [-0.4, -0.2) is 24.3 Å². The van der Waals surface area contributed by atoms with Gasteiger partial charge in [-0.25, -0.2) is 0 Å². The Labute approximate surface area is 136 Å². The van der Waals surface area contributed by atoms with Gasteiger partial charge in [-0.3, -0.25) is 4.79 Å². The molecule has 1 aliphatic heterocycles. The molecule has 1 N–H and O–H groups in total. The Balaban J connectivity index is 1.70. The van der Waals surface area contributed by atoms with Gasteiger partial charge in [-0.05, 0) is 40.9 Å². The minimum Gasteiger partial charge on any atom is -0.423 e. The maximum Gasteiger partial charge on any atom is 0.573 e. The molecule has 0 atom stereocenters. The predicted molar refractivity (Wildman–Crippen MR) is 80.0 cm³/mol. The van der Waals surface area contributed by atoms with E-state index in [1.807, 2.05) is 0 Å². The second-order valence-corrected chi connectivity index (χ2v) is 5.37. The summed E-state index contributed by atoms with van der Waals surface area (Å²) in [6.07, 6.45) is -4.70. The summed E-state index contributed by atoms with van der Waals surface area (Å²) in [7, 11) is -0.992. The lowest BCUT2D eigenvalue weighted by atomic mass is 9.78. The van der Waals surface area contributed by atoms with Crippen molar-refractivity contribution in [2.75, 3.05) is 0 Å². The standard InChI is InChI=1S/C16H12BF3O4/c18-16(19,20)24-13-5-3-11(4-6-13)15(21)8-10-1-2-12-9-23-17(22)14(12)7-10/h1-7,22H,8-9H2. The van der Waals surface area contributed by atoms with Crippen molar-refractivity contribution < 1.29 is 32.4 Å². The molecule has 1 aliphatic rings. The van der Waals surface area contributed by atoms with Crippen LogP contribution in [0, 0.1) is 0 Å². The molecule has 0 amide bonds. The largest absolute Gasteiger partial charge is 0.573 e. The van der Waals surface area contributed by atoms with Crippen LogP contribution in [0.5, 0.6) is 5.75 Å². The summed E-state index contributed by atoms with van der Waals surface area (Å²) in [5.41, 5.74) is 2.47. The summed E-state index contributed by atoms with van der Waals surface area (Å²) in [5, 5.41) is 9.67. The number of Topliss-reactive ketones (excluding diaryl/α,β-unsaturated/α-hetero) is 1. The molecule has 0 aliphatic carbocycles. The molecule has 3 rings (SSSR count). The Morgan fingerprint density at radius 3 is 2.58 bits per heavy atom. The van der Waals surface area contributed by atoms with Crippen molar-refractivity contribution in [2.45, 2.75) is 19.4 Å². The molecule has 2 aromatic carbocycles. The van der Waals surface area contributed by atoms with Crippen LogP contribution in [0.3, 0.4) is 0 Å². The average Bonchev–Trinajstić information content (AvgIpc) is 2.87. The van der Waals surface area contributed by atoms with Crippen LogP contribution in [-0.2, 0) is 17.7 Å². The van der Waals surface area contributed by atoms with Crippen LogP contribution in [0.2, 0.25) is 0 Å². The number of ketones is 1. The lowest BCUT2D eigenvalue weighted by molar-refractivity contribution is -0.274. The first kappa shape index (κ1) is 16.5. The molecule has 0 spiro atoms. The molecule has 1 heterocycles.